The Bertz CT molecular complexity index is 688. The Hall–Kier alpha value is -2.04. The number of hydrogen-bond donors (Lipinski definition) is 2. The number of benzene rings is 2. The first kappa shape index (κ1) is 18.3. The number of aliphatic hydroxyl groups is 1. The van der Waals surface area contributed by atoms with E-state index in [1.54, 1.807) is 7.11 Å². The molecular formula is C19H22ClNO3. The van der Waals surface area contributed by atoms with Gasteiger partial charge in [0, 0.05) is 18.7 Å². The maximum atomic E-state index is 12.4. The summed E-state index contributed by atoms with van der Waals surface area (Å²) in [6.07, 6.45) is 2.02. The number of methoxy groups -OCH3 is 1. The van der Waals surface area contributed by atoms with Gasteiger partial charge in [-0.2, -0.15) is 0 Å². The first-order valence-electron chi connectivity index (χ1n) is 7.95. The van der Waals surface area contributed by atoms with Gasteiger partial charge in [0.05, 0.1) is 12.1 Å². The van der Waals surface area contributed by atoms with E-state index in [4.69, 9.17) is 21.4 Å². The molecule has 24 heavy (non-hydrogen) atoms. The van der Waals surface area contributed by atoms with E-state index in [2.05, 4.69) is 5.32 Å². The van der Waals surface area contributed by atoms with Crippen molar-refractivity contribution in [3.8, 4) is 5.75 Å². The first-order valence-corrected chi connectivity index (χ1v) is 8.33. The molecule has 5 heteroatoms. The molecule has 0 aliphatic heterocycles. The van der Waals surface area contributed by atoms with Gasteiger partial charge in [0.2, 0.25) is 0 Å². The highest BCUT2D eigenvalue weighted by atomic mass is 35.5. The second kappa shape index (κ2) is 9.30. The Kier molecular flexibility index (Phi) is 7.09. The van der Waals surface area contributed by atoms with Crippen molar-refractivity contribution < 1.29 is 14.6 Å². The van der Waals surface area contributed by atoms with E-state index in [1.807, 2.05) is 42.5 Å². The summed E-state index contributed by atoms with van der Waals surface area (Å²) >= 11 is 6.10. The molecule has 0 aliphatic rings. The molecule has 0 atom stereocenters. The fraction of sp³-hybridized carbons (Fsp3) is 0.316. The van der Waals surface area contributed by atoms with Crippen LogP contribution in [0.5, 0.6) is 5.75 Å². The van der Waals surface area contributed by atoms with E-state index in [1.165, 1.54) is 0 Å². The second-order valence-corrected chi connectivity index (χ2v) is 5.87. The van der Waals surface area contributed by atoms with Crippen molar-refractivity contribution >= 4 is 17.5 Å². The lowest BCUT2D eigenvalue weighted by Gasteiger charge is -2.10. The van der Waals surface area contributed by atoms with E-state index < -0.39 is 0 Å². The van der Waals surface area contributed by atoms with Gasteiger partial charge in [0.15, 0.2) is 0 Å². The lowest BCUT2D eigenvalue weighted by molar-refractivity contribution is 0.0953. The Morgan fingerprint density at radius 1 is 1.21 bits per heavy atom. The van der Waals surface area contributed by atoms with Crippen LogP contribution in [0.4, 0.5) is 0 Å². The molecule has 0 saturated heterocycles. The SMILES string of the molecule is COc1ccc(CCNC(=O)c2ccccc2CCCO)cc1Cl. The van der Waals surface area contributed by atoms with Crippen LogP contribution < -0.4 is 10.1 Å². The molecule has 2 aromatic rings. The maximum Gasteiger partial charge on any atom is 0.251 e. The molecule has 0 aliphatic carbocycles. The third-order valence-corrected chi connectivity index (χ3v) is 4.08. The van der Waals surface area contributed by atoms with Gasteiger partial charge in [0.25, 0.3) is 5.91 Å². The first-order chi connectivity index (χ1) is 11.7. The van der Waals surface area contributed by atoms with E-state index >= 15 is 0 Å². The number of halogens is 1. The number of ether oxygens (including phenoxy) is 1. The molecule has 2 N–H and O–H groups in total. The van der Waals surface area contributed by atoms with Crippen LogP contribution in [-0.4, -0.2) is 31.3 Å². The quantitative estimate of drug-likeness (QED) is 0.770. The Balaban J connectivity index is 1.93. The summed E-state index contributed by atoms with van der Waals surface area (Å²) in [5.74, 6) is 0.547. The molecule has 128 valence electrons. The van der Waals surface area contributed by atoms with Crippen LogP contribution in [0.2, 0.25) is 5.02 Å². The van der Waals surface area contributed by atoms with Gasteiger partial charge < -0.3 is 15.2 Å². The van der Waals surface area contributed by atoms with Crippen LogP contribution in [0, 0.1) is 0 Å². The molecule has 4 nitrogen and oxygen atoms in total. The van der Waals surface area contributed by atoms with Crippen LogP contribution in [0.25, 0.3) is 0 Å². The number of hydrogen-bond acceptors (Lipinski definition) is 3. The van der Waals surface area contributed by atoms with Crippen molar-refractivity contribution in [3.05, 3.63) is 64.2 Å². The predicted molar refractivity (Wildman–Crippen MR) is 95.9 cm³/mol. The summed E-state index contributed by atoms with van der Waals surface area (Å²) in [6.45, 7) is 0.643. The Morgan fingerprint density at radius 2 is 2.00 bits per heavy atom. The summed E-state index contributed by atoms with van der Waals surface area (Å²) in [7, 11) is 1.58. The molecule has 0 bridgehead atoms. The Labute approximate surface area is 147 Å². The number of carbonyl (C=O) groups excluding carboxylic acids is 1. The van der Waals surface area contributed by atoms with Gasteiger partial charge in [-0.15, -0.1) is 0 Å². The Morgan fingerprint density at radius 3 is 2.71 bits per heavy atom. The number of amides is 1. The van der Waals surface area contributed by atoms with Gasteiger partial charge in [0.1, 0.15) is 5.75 Å². The zero-order valence-electron chi connectivity index (χ0n) is 13.7. The van der Waals surface area contributed by atoms with Gasteiger partial charge in [-0.3, -0.25) is 4.79 Å². The molecule has 2 aromatic carbocycles. The van der Waals surface area contributed by atoms with Gasteiger partial charge in [-0.1, -0.05) is 35.9 Å². The number of nitrogens with one attached hydrogen (secondary N) is 1. The van der Waals surface area contributed by atoms with Crippen molar-refractivity contribution in [1.82, 2.24) is 5.32 Å². The molecule has 0 radical (unpaired) electrons. The van der Waals surface area contributed by atoms with Crippen LogP contribution in [0.15, 0.2) is 42.5 Å². The molecule has 0 heterocycles. The zero-order valence-corrected chi connectivity index (χ0v) is 14.5. The number of aliphatic hydroxyl groups excluding tert-OH is 1. The van der Waals surface area contributed by atoms with Crippen LogP contribution in [0.3, 0.4) is 0 Å². The lowest BCUT2D eigenvalue weighted by atomic mass is 10.0. The smallest absolute Gasteiger partial charge is 0.251 e. The third-order valence-electron chi connectivity index (χ3n) is 3.78. The highest BCUT2D eigenvalue weighted by molar-refractivity contribution is 6.32. The molecule has 0 aromatic heterocycles. The summed E-state index contributed by atoms with van der Waals surface area (Å²) in [6, 6.07) is 13.1. The van der Waals surface area contributed by atoms with Crippen molar-refractivity contribution in [2.75, 3.05) is 20.3 Å². The number of rotatable bonds is 8. The predicted octanol–water partition coefficient (Wildman–Crippen LogP) is 3.25. The van der Waals surface area contributed by atoms with E-state index in [0.717, 1.165) is 11.1 Å². The third kappa shape index (κ3) is 4.98. The molecule has 0 spiro atoms. The average molecular weight is 348 g/mol. The average Bonchev–Trinajstić information content (AvgIpc) is 2.60. The van der Waals surface area contributed by atoms with Gasteiger partial charge in [-0.05, 0) is 48.6 Å². The molecule has 0 unspecified atom stereocenters. The van der Waals surface area contributed by atoms with Gasteiger partial charge >= 0.3 is 0 Å². The minimum atomic E-state index is -0.0943. The summed E-state index contributed by atoms with van der Waals surface area (Å²) in [5, 5.41) is 12.5. The van der Waals surface area contributed by atoms with Crippen LogP contribution in [0.1, 0.15) is 27.9 Å². The molecule has 2 rings (SSSR count). The fourth-order valence-electron chi connectivity index (χ4n) is 2.51. The lowest BCUT2D eigenvalue weighted by Crippen LogP contribution is -2.26. The summed E-state index contributed by atoms with van der Waals surface area (Å²) in [5.41, 5.74) is 2.66. The molecule has 0 saturated carbocycles. The standard InChI is InChI=1S/C19H22ClNO3/c1-24-18-9-8-14(13-17(18)20)10-11-21-19(23)16-7-3-2-5-15(16)6-4-12-22/h2-3,5,7-9,13,22H,4,6,10-12H2,1H3,(H,21,23). The second-order valence-electron chi connectivity index (χ2n) is 5.46. The van der Waals surface area contributed by atoms with E-state index in [0.29, 0.717) is 42.1 Å². The van der Waals surface area contributed by atoms with Crippen LogP contribution in [-0.2, 0) is 12.8 Å². The topological polar surface area (TPSA) is 58.6 Å². The minimum Gasteiger partial charge on any atom is -0.495 e. The summed E-state index contributed by atoms with van der Waals surface area (Å²) in [4.78, 5) is 12.4. The fourth-order valence-corrected chi connectivity index (χ4v) is 2.79. The van der Waals surface area contributed by atoms with Crippen molar-refractivity contribution in [2.45, 2.75) is 19.3 Å². The largest absolute Gasteiger partial charge is 0.495 e. The highest BCUT2D eigenvalue weighted by Crippen LogP contribution is 2.24. The maximum absolute atomic E-state index is 12.4. The minimum absolute atomic E-state index is 0.0943. The normalized spacial score (nSPS) is 10.5. The highest BCUT2D eigenvalue weighted by Gasteiger charge is 2.10. The van der Waals surface area contributed by atoms with Crippen LogP contribution >= 0.6 is 11.6 Å². The van der Waals surface area contributed by atoms with E-state index in [-0.39, 0.29) is 12.5 Å². The zero-order chi connectivity index (χ0) is 17.4. The molecular weight excluding hydrogens is 326 g/mol. The summed E-state index contributed by atoms with van der Waals surface area (Å²) < 4.78 is 5.13. The van der Waals surface area contributed by atoms with Crippen molar-refractivity contribution in [1.29, 1.82) is 0 Å². The number of carbonyl (C=O) groups is 1. The molecule has 0 fully saturated rings. The van der Waals surface area contributed by atoms with Gasteiger partial charge in [-0.25, -0.2) is 0 Å². The molecule has 1 amide bonds. The van der Waals surface area contributed by atoms with E-state index in [9.17, 15) is 4.79 Å². The monoisotopic (exact) mass is 347 g/mol. The number of aryl methyl sites for hydroxylation is 1. The van der Waals surface area contributed by atoms with Crippen molar-refractivity contribution in [3.63, 3.8) is 0 Å². The van der Waals surface area contributed by atoms with Crippen molar-refractivity contribution in [2.24, 2.45) is 0 Å².